The van der Waals surface area contributed by atoms with Crippen LogP contribution in [0, 0.1) is 6.92 Å². The van der Waals surface area contributed by atoms with E-state index in [2.05, 4.69) is 35.1 Å². The third kappa shape index (κ3) is 3.79. The van der Waals surface area contributed by atoms with Crippen molar-refractivity contribution in [3.63, 3.8) is 0 Å². The van der Waals surface area contributed by atoms with Gasteiger partial charge in [-0.05, 0) is 51.4 Å². The van der Waals surface area contributed by atoms with Gasteiger partial charge in [-0.15, -0.1) is 0 Å². The SMILES string of the molecule is Cc1cccnc1CNC(C)CN1CCCC1. The number of nitrogens with one attached hydrogen (secondary N) is 1. The molecule has 1 unspecified atom stereocenters. The van der Waals surface area contributed by atoms with Crippen molar-refractivity contribution < 1.29 is 0 Å². The van der Waals surface area contributed by atoms with Crippen molar-refractivity contribution in [1.82, 2.24) is 15.2 Å². The number of aromatic nitrogens is 1. The first-order valence-electron chi connectivity index (χ1n) is 6.62. The zero-order chi connectivity index (χ0) is 12.1. The molecule has 1 aliphatic rings. The summed E-state index contributed by atoms with van der Waals surface area (Å²) in [5, 5.41) is 3.56. The van der Waals surface area contributed by atoms with Crippen molar-refractivity contribution in [3.05, 3.63) is 29.6 Å². The molecule has 0 saturated carbocycles. The molecule has 0 bridgehead atoms. The van der Waals surface area contributed by atoms with E-state index in [9.17, 15) is 0 Å². The van der Waals surface area contributed by atoms with Gasteiger partial charge in [-0.25, -0.2) is 0 Å². The number of hydrogen-bond donors (Lipinski definition) is 1. The van der Waals surface area contributed by atoms with Gasteiger partial charge in [0, 0.05) is 25.3 Å². The van der Waals surface area contributed by atoms with Gasteiger partial charge in [0.15, 0.2) is 0 Å². The highest BCUT2D eigenvalue weighted by Gasteiger charge is 2.14. The minimum absolute atomic E-state index is 0.537. The smallest absolute Gasteiger partial charge is 0.0570 e. The molecule has 1 aliphatic heterocycles. The van der Waals surface area contributed by atoms with Crippen molar-refractivity contribution in [2.24, 2.45) is 0 Å². The van der Waals surface area contributed by atoms with Crippen molar-refractivity contribution in [2.75, 3.05) is 19.6 Å². The van der Waals surface area contributed by atoms with Crippen LogP contribution in [-0.2, 0) is 6.54 Å². The standard InChI is InChI=1S/C14H23N3/c1-12-6-5-7-15-14(12)10-16-13(2)11-17-8-3-4-9-17/h5-7,13,16H,3-4,8-11H2,1-2H3. The second kappa shape index (κ2) is 6.12. The first kappa shape index (κ1) is 12.5. The molecule has 1 aromatic rings. The Bertz CT molecular complexity index is 345. The summed E-state index contributed by atoms with van der Waals surface area (Å²) in [6.45, 7) is 8.96. The molecule has 2 rings (SSSR count). The van der Waals surface area contributed by atoms with Crippen molar-refractivity contribution in [1.29, 1.82) is 0 Å². The Kier molecular flexibility index (Phi) is 4.51. The van der Waals surface area contributed by atoms with Gasteiger partial charge in [0.1, 0.15) is 0 Å². The van der Waals surface area contributed by atoms with E-state index in [1.807, 2.05) is 12.3 Å². The number of aryl methyl sites for hydroxylation is 1. The maximum Gasteiger partial charge on any atom is 0.0570 e. The molecule has 3 heteroatoms. The maximum atomic E-state index is 4.41. The molecule has 94 valence electrons. The minimum Gasteiger partial charge on any atom is -0.307 e. The summed E-state index contributed by atoms with van der Waals surface area (Å²) in [7, 11) is 0. The van der Waals surface area contributed by atoms with E-state index < -0.39 is 0 Å². The van der Waals surface area contributed by atoms with E-state index in [1.54, 1.807) is 0 Å². The molecular formula is C14H23N3. The summed E-state index contributed by atoms with van der Waals surface area (Å²) < 4.78 is 0. The van der Waals surface area contributed by atoms with Gasteiger partial charge in [0.25, 0.3) is 0 Å². The Morgan fingerprint density at radius 2 is 2.18 bits per heavy atom. The maximum absolute atomic E-state index is 4.41. The van der Waals surface area contributed by atoms with Crippen LogP contribution in [0.25, 0.3) is 0 Å². The van der Waals surface area contributed by atoms with Crippen LogP contribution in [0.2, 0.25) is 0 Å². The topological polar surface area (TPSA) is 28.2 Å². The van der Waals surface area contributed by atoms with Gasteiger partial charge in [-0.1, -0.05) is 6.07 Å². The van der Waals surface area contributed by atoms with Crippen LogP contribution in [0.4, 0.5) is 0 Å². The van der Waals surface area contributed by atoms with Crippen LogP contribution in [0.1, 0.15) is 31.0 Å². The Hall–Kier alpha value is -0.930. The monoisotopic (exact) mass is 233 g/mol. The Balaban J connectivity index is 1.75. The molecule has 17 heavy (non-hydrogen) atoms. The first-order chi connectivity index (χ1) is 8.25. The summed E-state index contributed by atoms with van der Waals surface area (Å²) >= 11 is 0. The van der Waals surface area contributed by atoms with Gasteiger partial charge in [0.2, 0.25) is 0 Å². The molecule has 0 aromatic carbocycles. The molecule has 0 aliphatic carbocycles. The van der Waals surface area contributed by atoms with Gasteiger partial charge in [0.05, 0.1) is 5.69 Å². The van der Waals surface area contributed by atoms with E-state index in [0.29, 0.717) is 6.04 Å². The van der Waals surface area contributed by atoms with Crippen LogP contribution in [0.15, 0.2) is 18.3 Å². The van der Waals surface area contributed by atoms with Gasteiger partial charge < -0.3 is 10.2 Å². The summed E-state index contributed by atoms with van der Waals surface area (Å²) in [4.78, 5) is 6.95. The van der Waals surface area contributed by atoms with Gasteiger partial charge in [-0.3, -0.25) is 4.98 Å². The van der Waals surface area contributed by atoms with E-state index in [1.165, 1.54) is 37.2 Å². The fourth-order valence-electron chi connectivity index (χ4n) is 2.39. The molecular weight excluding hydrogens is 210 g/mol. The first-order valence-corrected chi connectivity index (χ1v) is 6.62. The highest BCUT2D eigenvalue weighted by Crippen LogP contribution is 2.08. The van der Waals surface area contributed by atoms with E-state index in [-0.39, 0.29) is 0 Å². The molecule has 1 atom stereocenters. The van der Waals surface area contributed by atoms with Crippen LogP contribution in [-0.4, -0.2) is 35.6 Å². The minimum atomic E-state index is 0.537. The third-order valence-electron chi connectivity index (χ3n) is 3.47. The average Bonchev–Trinajstić information content (AvgIpc) is 2.81. The van der Waals surface area contributed by atoms with Crippen molar-refractivity contribution >= 4 is 0 Å². The lowest BCUT2D eigenvalue weighted by atomic mass is 10.2. The number of likely N-dealkylation sites (tertiary alicyclic amines) is 1. The number of nitrogens with zero attached hydrogens (tertiary/aromatic N) is 2. The van der Waals surface area contributed by atoms with E-state index in [4.69, 9.17) is 0 Å². The van der Waals surface area contributed by atoms with Crippen LogP contribution in [0.3, 0.4) is 0 Å². The predicted molar refractivity (Wildman–Crippen MR) is 70.9 cm³/mol. The summed E-state index contributed by atoms with van der Waals surface area (Å²) in [5.41, 5.74) is 2.44. The fraction of sp³-hybridized carbons (Fsp3) is 0.643. The summed E-state index contributed by atoms with van der Waals surface area (Å²) in [6.07, 6.45) is 4.60. The predicted octanol–water partition coefficient (Wildman–Crippen LogP) is 1.96. The van der Waals surface area contributed by atoms with Crippen molar-refractivity contribution in [3.8, 4) is 0 Å². The lowest BCUT2D eigenvalue weighted by Gasteiger charge is -2.21. The Morgan fingerprint density at radius 1 is 1.41 bits per heavy atom. The Labute approximate surface area is 104 Å². The molecule has 1 fully saturated rings. The molecule has 0 amide bonds. The average molecular weight is 233 g/mol. The molecule has 3 nitrogen and oxygen atoms in total. The van der Waals surface area contributed by atoms with Crippen LogP contribution in [0.5, 0.6) is 0 Å². The molecule has 1 saturated heterocycles. The molecule has 0 spiro atoms. The zero-order valence-corrected chi connectivity index (χ0v) is 10.9. The second-order valence-electron chi connectivity index (χ2n) is 5.06. The molecule has 1 aromatic heterocycles. The van der Waals surface area contributed by atoms with E-state index >= 15 is 0 Å². The van der Waals surface area contributed by atoms with Gasteiger partial charge >= 0.3 is 0 Å². The molecule has 1 N–H and O–H groups in total. The highest BCUT2D eigenvalue weighted by molar-refractivity contribution is 5.17. The quantitative estimate of drug-likeness (QED) is 0.842. The summed E-state index contributed by atoms with van der Waals surface area (Å²) in [5.74, 6) is 0. The lowest BCUT2D eigenvalue weighted by Crippen LogP contribution is -2.37. The number of pyridine rings is 1. The fourth-order valence-corrected chi connectivity index (χ4v) is 2.39. The largest absolute Gasteiger partial charge is 0.307 e. The lowest BCUT2D eigenvalue weighted by molar-refractivity contribution is 0.298. The zero-order valence-electron chi connectivity index (χ0n) is 10.9. The summed E-state index contributed by atoms with van der Waals surface area (Å²) in [6, 6.07) is 4.65. The Morgan fingerprint density at radius 3 is 2.88 bits per heavy atom. The van der Waals surface area contributed by atoms with E-state index in [0.717, 1.165) is 13.1 Å². The van der Waals surface area contributed by atoms with Gasteiger partial charge in [-0.2, -0.15) is 0 Å². The molecule has 2 heterocycles. The third-order valence-corrected chi connectivity index (χ3v) is 3.47. The number of rotatable bonds is 5. The highest BCUT2D eigenvalue weighted by atomic mass is 15.2. The number of hydrogen-bond acceptors (Lipinski definition) is 3. The normalized spacial score (nSPS) is 18.5. The van der Waals surface area contributed by atoms with Crippen molar-refractivity contribution in [2.45, 2.75) is 39.3 Å². The van der Waals surface area contributed by atoms with Crippen LogP contribution < -0.4 is 5.32 Å². The van der Waals surface area contributed by atoms with Crippen LogP contribution >= 0.6 is 0 Å². The molecule has 0 radical (unpaired) electrons. The second-order valence-corrected chi connectivity index (χ2v) is 5.06.